The van der Waals surface area contributed by atoms with Crippen molar-refractivity contribution in [3.05, 3.63) is 59.9 Å². The Bertz CT molecular complexity index is 1680. The molecule has 0 fully saturated rings. The Morgan fingerprint density at radius 2 is 1.53 bits per heavy atom. The lowest BCUT2D eigenvalue weighted by Crippen LogP contribution is -2.19. The van der Waals surface area contributed by atoms with E-state index in [1.165, 1.54) is 0 Å². The molecule has 0 spiro atoms. The van der Waals surface area contributed by atoms with Gasteiger partial charge in [-0.3, -0.25) is 9.11 Å². The number of rotatable bonds is 7. The lowest BCUT2D eigenvalue weighted by atomic mass is 10.1. The second-order valence-electron chi connectivity index (χ2n) is 7.39. The first-order chi connectivity index (χ1) is 16.9. The number of nitrogens with one attached hydrogen (secondary N) is 1. The molecule has 0 bridgehead atoms. The molecular formula is C21H18ClN5O7S2. The van der Waals surface area contributed by atoms with Crippen molar-refractivity contribution in [3.63, 3.8) is 0 Å². The Balaban J connectivity index is 1.89. The molecule has 3 aromatic carbocycles. The molecule has 36 heavy (non-hydrogen) atoms. The summed E-state index contributed by atoms with van der Waals surface area (Å²) in [4.78, 5) is 12.9. The molecule has 188 valence electrons. The van der Waals surface area contributed by atoms with E-state index in [1.54, 1.807) is 4.90 Å². The normalized spacial score (nSPS) is 12.0. The molecule has 0 unspecified atom stereocenters. The SMILES string of the molecule is CCN(c1ccccc1)c1nc(Cl)nc(Nc2cc(S(=O)(=O)O)cc3cc(S(=O)(=O)O)cc(O)c23)n1. The first-order valence-electron chi connectivity index (χ1n) is 10.1. The lowest BCUT2D eigenvalue weighted by molar-refractivity contribution is 0.471. The summed E-state index contributed by atoms with van der Waals surface area (Å²) in [6.45, 7) is 2.33. The maximum absolute atomic E-state index is 11.9. The highest BCUT2D eigenvalue weighted by Gasteiger charge is 2.21. The number of nitrogens with zero attached hydrogens (tertiary/aromatic N) is 4. The van der Waals surface area contributed by atoms with Crippen LogP contribution in [0.1, 0.15) is 6.92 Å². The van der Waals surface area contributed by atoms with Gasteiger partial charge in [0.05, 0.1) is 15.5 Å². The molecule has 0 amide bonds. The van der Waals surface area contributed by atoms with Crippen molar-refractivity contribution in [1.82, 2.24) is 15.0 Å². The van der Waals surface area contributed by atoms with Gasteiger partial charge in [0.15, 0.2) is 0 Å². The van der Waals surface area contributed by atoms with Crippen molar-refractivity contribution in [2.24, 2.45) is 0 Å². The van der Waals surface area contributed by atoms with E-state index in [1.807, 2.05) is 37.3 Å². The van der Waals surface area contributed by atoms with Crippen LogP contribution >= 0.6 is 11.6 Å². The predicted molar refractivity (Wildman–Crippen MR) is 132 cm³/mol. The lowest BCUT2D eigenvalue weighted by Gasteiger charge is -2.21. The maximum atomic E-state index is 11.9. The third-order valence-electron chi connectivity index (χ3n) is 5.04. The Labute approximate surface area is 210 Å². The van der Waals surface area contributed by atoms with E-state index in [2.05, 4.69) is 20.3 Å². The Hall–Kier alpha value is -3.56. The van der Waals surface area contributed by atoms with Gasteiger partial charge in [-0.2, -0.15) is 31.8 Å². The van der Waals surface area contributed by atoms with Crippen molar-refractivity contribution in [2.45, 2.75) is 16.7 Å². The number of hydrogen-bond donors (Lipinski definition) is 4. The average molecular weight is 552 g/mol. The van der Waals surface area contributed by atoms with E-state index in [4.69, 9.17) is 11.6 Å². The van der Waals surface area contributed by atoms with E-state index in [0.29, 0.717) is 6.54 Å². The maximum Gasteiger partial charge on any atom is 0.294 e. The third-order valence-corrected chi connectivity index (χ3v) is 6.87. The van der Waals surface area contributed by atoms with Crippen LogP contribution < -0.4 is 10.2 Å². The molecule has 4 N–H and O–H groups in total. The fourth-order valence-corrected chi connectivity index (χ4v) is 4.75. The van der Waals surface area contributed by atoms with Crippen LogP contribution in [0.2, 0.25) is 5.28 Å². The number of aromatic nitrogens is 3. The fraction of sp³-hybridized carbons (Fsp3) is 0.0952. The van der Waals surface area contributed by atoms with Crippen LogP contribution in [0.5, 0.6) is 5.75 Å². The molecule has 0 atom stereocenters. The van der Waals surface area contributed by atoms with Crippen LogP contribution in [0, 0.1) is 0 Å². The largest absolute Gasteiger partial charge is 0.507 e. The Kier molecular flexibility index (Phi) is 6.72. The molecular weight excluding hydrogens is 534 g/mol. The first kappa shape index (κ1) is 25.5. The van der Waals surface area contributed by atoms with Gasteiger partial charge >= 0.3 is 0 Å². The molecule has 0 aliphatic carbocycles. The van der Waals surface area contributed by atoms with E-state index in [9.17, 15) is 31.0 Å². The van der Waals surface area contributed by atoms with Crippen molar-refractivity contribution in [3.8, 4) is 5.75 Å². The van der Waals surface area contributed by atoms with Gasteiger partial charge in [0, 0.05) is 23.7 Å². The van der Waals surface area contributed by atoms with Crippen molar-refractivity contribution < 1.29 is 31.0 Å². The highest BCUT2D eigenvalue weighted by atomic mass is 35.5. The van der Waals surface area contributed by atoms with Crippen LogP contribution in [0.15, 0.2) is 64.4 Å². The molecule has 0 aliphatic rings. The van der Waals surface area contributed by atoms with Gasteiger partial charge in [-0.1, -0.05) is 18.2 Å². The first-order valence-corrected chi connectivity index (χ1v) is 13.4. The quantitative estimate of drug-likeness (QED) is 0.244. The van der Waals surface area contributed by atoms with Gasteiger partial charge in [0.25, 0.3) is 20.2 Å². The minimum atomic E-state index is -4.76. The highest BCUT2D eigenvalue weighted by Crippen LogP contribution is 2.38. The molecule has 12 nitrogen and oxygen atoms in total. The molecule has 1 aromatic heterocycles. The number of halogens is 1. The van der Waals surface area contributed by atoms with Gasteiger partial charge in [-0.05, 0) is 54.2 Å². The number of phenols is 1. The Morgan fingerprint density at radius 3 is 2.11 bits per heavy atom. The van der Waals surface area contributed by atoms with E-state index < -0.39 is 35.8 Å². The van der Waals surface area contributed by atoms with Crippen LogP contribution in [-0.2, 0) is 20.2 Å². The van der Waals surface area contributed by atoms with Gasteiger partial charge in [0.2, 0.25) is 17.2 Å². The summed E-state index contributed by atoms with van der Waals surface area (Å²) in [5.74, 6) is -0.574. The monoisotopic (exact) mass is 551 g/mol. The smallest absolute Gasteiger partial charge is 0.294 e. The number of aromatic hydroxyl groups is 1. The number of anilines is 4. The summed E-state index contributed by atoms with van der Waals surface area (Å²) in [6.07, 6.45) is 0. The molecule has 1 heterocycles. The molecule has 0 aliphatic heterocycles. The topological polar surface area (TPSA) is 183 Å². The number of hydrogen-bond acceptors (Lipinski definition) is 10. The summed E-state index contributed by atoms with van der Waals surface area (Å²) in [6, 6.07) is 12.8. The number of benzene rings is 3. The fourth-order valence-electron chi connectivity index (χ4n) is 3.52. The van der Waals surface area contributed by atoms with E-state index in [-0.39, 0.29) is 33.6 Å². The summed E-state index contributed by atoms with van der Waals surface area (Å²) >= 11 is 6.12. The van der Waals surface area contributed by atoms with Crippen LogP contribution in [0.3, 0.4) is 0 Å². The minimum absolute atomic E-state index is 0.0386. The van der Waals surface area contributed by atoms with E-state index >= 15 is 0 Å². The second kappa shape index (κ2) is 9.48. The van der Waals surface area contributed by atoms with E-state index in [0.717, 1.165) is 30.0 Å². The molecule has 0 saturated heterocycles. The zero-order valence-corrected chi connectivity index (χ0v) is 20.8. The standard InChI is InChI=1S/C21H18ClN5O7S2/c1-2-27(13-6-4-3-5-7-13)21-25-19(22)24-20(26-21)23-16-10-14(35(29,30)31)8-12-9-15(36(32,33)34)11-17(28)18(12)16/h3-11,28H,2H2,1H3,(H,29,30,31)(H,32,33,34)(H,23,24,25,26). The summed E-state index contributed by atoms with van der Waals surface area (Å²) in [5.41, 5.74) is 0.665. The number of fused-ring (bicyclic) bond motifs is 1. The molecule has 4 aromatic rings. The van der Waals surface area contributed by atoms with Crippen LogP contribution in [0.25, 0.3) is 10.8 Å². The molecule has 4 rings (SSSR count). The Morgan fingerprint density at radius 1 is 0.917 bits per heavy atom. The van der Waals surface area contributed by atoms with Crippen molar-refractivity contribution >= 4 is 65.9 Å². The predicted octanol–water partition coefficient (Wildman–Crippen LogP) is 3.78. The molecule has 15 heteroatoms. The van der Waals surface area contributed by atoms with Gasteiger partial charge in [-0.25, -0.2) is 0 Å². The van der Waals surface area contributed by atoms with Crippen molar-refractivity contribution in [1.29, 1.82) is 0 Å². The van der Waals surface area contributed by atoms with Crippen LogP contribution in [0.4, 0.5) is 23.3 Å². The minimum Gasteiger partial charge on any atom is -0.507 e. The van der Waals surface area contributed by atoms with Gasteiger partial charge < -0.3 is 15.3 Å². The van der Waals surface area contributed by atoms with Crippen molar-refractivity contribution in [2.75, 3.05) is 16.8 Å². The molecule has 0 radical (unpaired) electrons. The highest BCUT2D eigenvalue weighted by molar-refractivity contribution is 7.86. The molecule has 0 saturated carbocycles. The summed E-state index contributed by atoms with van der Waals surface area (Å²) in [7, 11) is -9.50. The summed E-state index contributed by atoms with van der Waals surface area (Å²) in [5, 5.41) is 12.9. The zero-order valence-electron chi connectivity index (χ0n) is 18.4. The van der Waals surface area contributed by atoms with Gasteiger partial charge in [0.1, 0.15) is 5.75 Å². The zero-order chi connectivity index (χ0) is 26.3. The third kappa shape index (κ3) is 5.32. The average Bonchev–Trinajstić information content (AvgIpc) is 2.78. The van der Waals surface area contributed by atoms with Crippen LogP contribution in [-0.4, -0.2) is 52.5 Å². The number of para-hydroxylation sites is 1. The second-order valence-corrected chi connectivity index (χ2v) is 10.6. The number of phenolic OH excluding ortho intramolecular Hbond substituents is 1. The summed E-state index contributed by atoms with van der Waals surface area (Å²) < 4.78 is 65.9. The van der Waals surface area contributed by atoms with Gasteiger partial charge in [-0.15, -0.1) is 0 Å².